The van der Waals surface area contributed by atoms with Gasteiger partial charge in [-0.05, 0) is 17.7 Å². The summed E-state index contributed by atoms with van der Waals surface area (Å²) in [6, 6.07) is 8.70. The van der Waals surface area contributed by atoms with Crippen molar-refractivity contribution in [2.75, 3.05) is 6.54 Å². The Hall–Kier alpha value is -1.68. The molecule has 0 amide bonds. The number of rotatable bonds is 3. The molecule has 1 unspecified atom stereocenters. The second-order valence-electron chi connectivity index (χ2n) is 5.77. The maximum absolute atomic E-state index is 13.9. The minimum Gasteiger partial charge on any atom is -0.329 e. The monoisotopic (exact) mass is 261 g/mol. The molecule has 0 aliphatic heterocycles. The minimum absolute atomic E-state index is 0.0386. The highest BCUT2D eigenvalue weighted by Gasteiger charge is 2.22. The molecule has 1 heterocycles. The van der Waals surface area contributed by atoms with E-state index in [1.165, 1.54) is 6.07 Å². The quantitative estimate of drug-likeness (QED) is 0.892. The fourth-order valence-corrected chi connectivity index (χ4v) is 2.08. The number of hydrogen-bond acceptors (Lipinski definition) is 2. The molecule has 0 aliphatic carbocycles. The Morgan fingerprint density at radius 3 is 2.53 bits per heavy atom. The highest BCUT2D eigenvalue weighted by molar-refractivity contribution is 5.31. The average Bonchev–Trinajstić information content (AvgIpc) is 2.82. The number of halogens is 1. The Morgan fingerprint density at radius 1 is 1.32 bits per heavy atom. The number of aromatic nitrogens is 2. The van der Waals surface area contributed by atoms with Crippen molar-refractivity contribution < 1.29 is 4.39 Å². The minimum atomic E-state index is -0.232. The summed E-state index contributed by atoms with van der Waals surface area (Å²) in [6.07, 6.45) is 0. The lowest BCUT2D eigenvalue weighted by Gasteiger charge is -2.15. The Bertz CT molecular complexity index is 555. The maximum Gasteiger partial charge on any atom is 0.127 e. The summed E-state index contributed by atoms with van der Waals surface area (Å²) >= 11 is 0. The van der Waals surface area contributed by atoms with E-state index >= 15 is 0 Å². The summed E-state index contributed by atoms with van der Waals surface area (Å²) < 4.78 is 13.9. The maximum atomic E-state index is 13.9. The zero-order chi connectivity index (χ0) is 14.0. The molecule has 3 N–H and O–H groups in total. The molecule has 1 atom stereocenters. The Morgan fingerprint density at radius 2 is 2.00 bits per heavy atom. The number of hydrogen-bond donors (Lipinski definition) is 2. The van der Waals surface area contributed by atoms with E-state index < -0.39 is 0 Å². The third-order valence-electron chi connectivity index (χ3n) is 3.26. The largest absolute Gasteiger partial charge is 0.329 e. The molecule has 0 saturated carbocycles. The van der Waals surface area contributed by atoms with Gasteiger partial charge in [-0.15, -0.1) is 0 Å². The SMILES string of the molecule is CC(C)(C)c1cc(C(CN)c2ccccc2F)[nH]n1. The molecule has 0 spiro atoms. The first-order valence-corrected chi connectivity index (χ1v) is 6.43. The van der Waals surface area contributed by atoms with E-state index in [0.29, 0.717) is 12.1 Å². The van der Waals surface area contributed by atoms with Gasteiger partial charge in [0.25, 0.3) is 0 Å². The lowest BCUT2D eigenvalue weighted by molar-refractivity contribution is 0.566. The van der Waals surface area contributed by atoms with E-state index in [2.05, 4.69) is 31.0 Å². The highest BCUT2D eigenvalue weighted by atomic mass is 19.1. The van der Waals surface area contributed by atoms with Crippen molar-refractivity contribution in [2.45, 2.75) is 32.1 Å². The Kier molecular flexibility index (Phi) is 3.71. The first-order chi connectivity index (χ1) is 8.93. The summed E-state index contributed by atoms with van der Waals surface area (Å²) in [4.78, 5) is 0. The zero-order valence-electron chi connectivity index (χ0n) is 11.6. The summed E-state index contributed by atoms with van der Waals surface area (Å²) in [5.41, 5.74) is 8.19. The molecule has 3 nitrogen and oxygen atoms in total. The smallest absolute Gasteiger partial charge is 0.127 e. The molecule has 0 radical (unpaired) electrons. The van der Waals surface area contributed by atoms with Gasteiger partial charge in [0.15, 0.2) is 0 Å². The fraction of sp³-hybridized carbons (Fsp3) is 0.400. The molecular formula is C15H20FN3. The van der Waals surface area contributed by atoms with Crippen molar-refractivity contribution >= 4 is 0 Å². The predicted molar refractivity (Wildman–Crippen MR) is 74.6 cm³/mol. The topological polar surface area (TPSA) is 54.7 Å². The molecule has 1 aromatic carbocycles. The van der Waals surface area contributed by atoms with Crippen LogP contribution in [0.15, 0.2) is 30.3 Å². The first kappa shape index (κ1) is 13.7. The van der Waals surface area contributed by atoms with Crippen LogP contribution in [0, 0.1) is 5.82 Å². The van der Waals surface area contributed by atoms with Crippen LogP contribution in [0.4, 0.5) is 4.39 Å². The van der Waals surface area contributed by atoms with Crippen LogP contribution in [0.1, 0.15) is 43.6 Å². The second-order valence-corrected chi connectivity index (χ2v) is 5.77. The highest BCUT2D eigenvalue weighted by Crippen LogP contribution is 2.28. The summed E-state index contributed by atoms with van der Waals surface area (Å²) in [5.74, 6) is -0.422. The van der Waals surface area contributed by atoms with Crippen LogP contribution in [0.3, 0.4) is 0 Å². The van der Waals surface area contributed by atoms with E-state index in [9.17, 15) is 4.39 Å². The van der Waals surface area contributed by atoms with Crippen LogP contribution in [-0.4, -0.2) is 16.7 Å². The van der Waals surface area contributed by atoms with Crippen LogP contribution >= 0.6 is 0 Å². The number of aromatic amines is 1. The Labute approximate surface area is 113 Å². The molecule has 0 aliphatic rings. The van der Waals surface area contributed by atoms with Gasteiger partial charge in [-0.2, -0.15) is 5.10 Å². The number of nitrogens with zero attached hydrogens (tertiary/aromatic N) is 1. The normalized spacial score (nSPS) is 13.5. The molecule has 2 aromatic rings. The molecule has 102 valence electrons. The summed E-state index contributed by atoms with van der Waals surface area (Å²) in [5, 5.41) is 7.30. The number of benzene rings is 1. The van der Waals surface area contributed by atoms with Crippen LogP contribution in [0.5, 0.6) is 0 Å². The number of nitrogens with one attached hydrogen (secondary N) is 1. The van der Waals surface area contributed by atoms with Gasteiger partial charge in [0.2, 0.25) is 0 Å². The van der Waals surface area contributed by atoms with Crippen LogP contribution in [0.25, 0.3) is 0 Å². The van der Waals surface area contributed by atoms with Crippen molar-refractivity contribution in [3.8, 4) is 0 Å². The predicted octanol–water partition coefficient (Wildman–Crippen LogP) is 2.94. The van der Waals surface area contributed by atoms with Crippen LogP contribution in [-0.2, 0) is 5.41 Å². The van der Waals surface area contributed by atoms with E-state index in [0.717, 1.165) is 11.4 Å². The third-order valence-corrected chi connectivity index (χ3v) is 3.26. The molecular weight excluding hydrogens is 241 g/mol. The van der Waals surface area contributed by atoms with Crippen molar-refractivity contribution in [1.29, 1.82) is 0 Å². The van der Waals surface area contributed by atoms with Gasteiger partial charge < -0.3 is 5.73 Å². The molecule has 0 bridgehead atoms. The van der Waals surface area contributed by atoms with Crippen LogP contribution in [0.2, 0.25) is 0 Å². The fourth-order valence-electron chi connectivity index (χ4n) is 2.08. The zero-order valence-corrected chi connectivity index (χ0v) is 11.6. The van der Waals surface area contributed by atoms with Gasteiger partial charge in [-0.25, -0.2) is 4.39 Å². The second kappa shape index (κ2) is 5.13. The van der Waals surface area contributed by atoms with Gasteiger partial charge in [0.05, 0.1) is 5.69 Å². The van der Waals surface area contributed by atoms with Gasteiger partial charge in [0.1, 0.15) is 5.82 Å². The van der Waals surface area contributed by atoms with Gasteiger partial charge >= 0.3 is 0 Å². The lowest BCUT2D eigenvalue weighted by Crippen LogP contribution is -2.15. The standard InChI is InChI=1S/C15H20FN3/c1-15(2,3)14-8-13(18-19-14)11(9-17)10-6-4-5-7-12(10)16/h4-8,11H,9,17H2,1-3H3,(H,18,19). The average molecular weight is 261 g/mol. The van der Waals surface area contributed by atoms with E-state index in [1.807, 2.05) is 12.1 Å². The summed E-state index contributed by atoms with van der Waals surface area (Å²) in [7, 11) is 0. The lowest BCUT2D eigenvalue weighted by atomic mass is 9.90. The van der Waals surface area contributed by atoms with Crippen molar-refractivity contribution in [1.82, 2.24) is 10.2 Å². The molecule has 1 aromatic heterocycles. The van der Waals surface area contributed by atoms with Gasteiger partial charge in [-0.1, -0.05) is 39.0 Å². The molecule has 2 rings (SSSR count). The molecule has 0 fully saturated rings. The molecule has 0 saturated heterocycles. The first-order valence-electron chi connectivity index (χ1n) is 6.43. The van der Waals surface area contributed by atoms with Gasteiger partial charge in [0, 0.05) is 23.6 Å². The molecule has 4 heteroatoms. The molecule has 19 heavy (non-hydrogen) atoms. The third kappa shape index (κ3) is 2.84. The number of nitrogens with two attached hydrogens (primary N) is 1. The Balaban J connectivity index is 2.38. The summed E-state index contributed by atoms with van der Waals surface area (Å²) in [6.45, 7) is 6.61. The van der Waals surface area contributed by atoms with Crippen molar-refractivity contribution in [3.63, 3.8) is 0 Å². The number of H-pyrrole nitrogens is 1. The van der Waals surface area contributed by atoms with E-state index in [4.69, 9.17) is 5.73 Å². The van der Waals surface area contributed by atoms with E-state index in [1.54, 1.807) is 12.1 Å². The van der Waals surface area contributed by atoms with Crippen molar-refractivity contribution in [2.24, 2.45) is 5.73 Å². The van der Waals surface area contributed by atoms with Gasteiger partial charge in [-0.3, -0.25) is 5.10 Å². The van der Waals surface area contributed by atoms with E-state index in [-0.39, 0.29) is 17.2 Å². The van der Waals surface area contributed by atoms with Crippen LogP contribution < -0.4 is 5.73 Å². The van der Waals surface area contributed by atoms with Crippen molar-refractivity contribution in [3.05, 3.63) is 53.1 Å².